The van der Waals surface area contributed by atoms with E-state index in [1.165, 1.54) is 0 Å². The molecule has 0 bridgehead atoms. The highest BCUT2D eigenvalue weighted by Gasteiger charge is 1.99. The Morgan fingerprint density at radius 1 is 1.17 bits per heavy atom. The van der Waals surface area contributed by atoms with Crippen LogP contribution < -0.4 is 5.73 Å². The zero-order valence-electron chi connectivity index (χ0n) is 8.20. The van der Waals surface area contributed by atoms with Gasteiger partial charge in [-0.3, -0.25) is 0 Å². The lowest BCUT2D eigenvalue weighted by Gasteiger charge is -2.00. The van der Waals surface area contributed by atoms with Crippen LogP contribution in [0.4, 0.5) is 5.69 Å². The van der Waals surface area contributed by atoms with Gasteiger partial charge in [0.2, 0.25) is 0 Å². The second-order valence-corrected chi connectivity index (χ2v) is 2.53. The molecule has 0 aliphatic carbocycles. The smallest absolute Gasteiger partial charge is 0.130 e. The molecule has 68 valence electrons. The Bertz CT molecular complexity index is 204. The first-order valence-electron chi connectivity index (χ1n) is 4.27. The molecule has 12 heavy (non-hydrogen) atoms. The van der Waals surface area contributed by atoms with Crippen molar-refractivity contribution in [3.63, 3.8) is 0 Å². The van der Waals surface area contributed by atoms with Gasteiger partial charge in [-0.2, -0.15) is 0 Å². The van der Waals surface area contributed by atoms with Gasteiger partial charge in [-0.15, -0.1) is 0 Å². The molecule has 0 radical (unpaired) electrons. The lowest BCUT2D eigenvalue weighted by molar-refractivity contribution is 0.775. The molecule has 1 aromatic rings. The fourth-order valence-electron chi connectivity index (χ4n) is 0.646. The third-order valence-electron chi connectivity index (χ3n) is 1.21. The molecule has 1 aromatic heterocycles. The summed E-state index contributed by atoms with van der Waals surface area (Å²) in [6.07, 6.45) is 3.25. The Kier molecular flexibility index (Phi) is 5.00. The third-order valence-corrected chi connectivity index (χ3v) is 1.21. The lowest BCUT2D eigenvalue weighted by Crippen LogP contribution is -1.97. The summed E-state index contributed by atoms with van der Waals surface area (Å²) in [5.74, 6) is 1.22. The number of hydrogen-bond donors (Lipinski definition) is 1. The van der Waals surface area contributed by atoms with Crippen LogP contribution in [0.5, 0.6) is 0 Å². The maximum Gasteiger partial charge on any atom is 0.130 e. The molecule has 3 nitrogen and oxygen atoms in total. The van der Waals surface area contributed by atoms with E-state index in [1.807, 2.05) is 27.7 Å². The number of anilines is 1. The quantitative estimate of drug-likeness (QED) is 0.697. The molecule has 0 aliphatic rings. The van der Waals surface area contributed by atoms with Crippen molar-refractivity contribution >= 4 is 5.69 Å². The highest BCUT2D eigenvalue weighted by Crippen LogP contribution is 2.07. The van der Waals surface area contributed by atoms with Crippen molar-refractivity contribution in [1.82, 2.24) is 9.97 Å². The summed E-state index contributed by atoms with van der Waals surface area (Å²) in [5.41, 5.74) is 6.02. The fourth-order valence-corrected chi connectivity index (χ4v) is 0.646. The van der Waals surface area contributed by atoms with E-state index < -0.39 is 0 Å². The molecule has 0 fully saturated rings. The van der Waals surface area contributed by atoms with Crippen molar-refractivity contribution < 1.29 is 0 Å². The van der Waals surface area contributed by atoms with Crippen LogP contribution in [0.1, 0.15) is 39.4 Å². The summed E-state index contributed by atoms with van der Waals surface area (Å²) < 4.78 is 0. The first-order valence-corrected chi connectivity index (χ1v) is 4.27. The Hall–Kier alpha value is -1.12. The molecule has 0 aliphatic heterocycles. The predicted octanol–water partition coefficient (Wildman–Crippen LogP) is 2.21. The van der Waals surface area contributed by atoms with E-state index in [4.69, 9.17) is 5.73 Å². The normalized spacial score (nSPS) is 9.08. The largest absolute Gasteiger partial charge is 0.396 e. The molecule has 3 heteroatoms. The van der Waals surface area contributed by atoms with Gasteiger partial charge in [0.1, 0.15) is 5.82 Å². The van der Waals surface area contributed by atoms with Crippen molar-refractivity contribution in [3.8, 4) is 0 Å². The van der Waals surface area contributed by atoms with Gasteiger partial charge in [-0.1, -0.05) is 27.7 Å². The van der Waals surface area contributed by atoms with E-state index in [9.17, 15) is 0 Å². The van der Waals surface area contributed by atoms with Crippen molar-refractivity contribution in [3.05, 3.63) is 18.2 Å². The molecule has 0 saturated carbocycles. The molecule has 0 unspecified atom stereocenters. The van der Waals surface area contributed by atoms with Crippen LogP contribution in [0, 0.1) is 0 Å². The fraction of sp³-hybridized carbons (Fsp3) is 0.556. The molecule has 0 spiro atoms. The predicted molar refractivity (Wildman–Crippen MR) is 51.9 cm³/mol. The summed E-state index contributed by atoms with van der Waals surface area (Å²) in [6.45, 7) is 8.09. The van der Waals surface area contributed by atoms with Crippen molar-refractivity contribution in [2.24, 2.45) is 0 Å². The molecule has 0 saturated heterocycles. The molecule has 0 amide bonds. The molecule has 0 aromatic carbocycles. The van der Waals surface area contributed by atoms with Crippen LogP contribution in [0.3, 0.4) is 0 Å². The highest BCUT2D eigenvalue weighted by atomic mass is 14.9. The number of aromatic nitrogens is 2. The topological polar surface area (TPSA) is 51.8 Å². The van der Waals surface area contributed by atoms with E-state index in [-0.39, 0.29) is 0 Å². The van der Waals surface area contributed by atoms with Gasteiger partial charge in [0.15, 0.2) is 0 Å². The molecule has 1 heterocycles. The average Bonchev–Trinajstić information content (AvgIpc) is 2.09. The molecule has 2 N–H and O–H groups in total. The number of hydrogen-bond acceptors (Lipinski definition) is 3. The van der Waals surface area contributed by atoms with Gasteiger partial charge in [0.25, 0.3) is 0 Å². The number of nitrogens with two attached hydrogens (primary N) is 1. The second kappa shape index (κ2) is 5.52. The Morgan fingerprint density at radius 3 is 1.92 bits per heavy atom. The minimum atomic E-state index is 0.376. The number of nitrogens with zero attached hydrogens (tertiary/aromatic N) is 2. The summed E-state index contributed by atoms with van der Waals surface area (Å²) in [7, 11) is 0. The highest BCUT2D eigenvalue weighted by molar-refractivity contribution is 5.30. The summed E-state index contributed by atoms with van der Waals surface area (Å²) in [5, 5.41) is 0. The van der Waals surface area contributed by atoms with E-state index in [1.54, 1.807) is 12.4 Å². The van der Waals surface area contributed by atoms with Crippen LogP contribution in [-0.2, 0) is 0 Å². The van der Waals surface area contributed by atoms with E-state index in [2.05, 4.69) is 9.97 Å². The SMILES string of the molecule is CC.CC(C)c1ncc(N)cn1. The van der Waals surface area contributed by atoms with Crippen LogP contribution in [-0.4, -0.2) is 9.97 Å². The van der Waals surface area contributed by atoms with Crippen molar-refractivity contribution in [2.75, 3.05) is 5.73 Å². The van der Waals surface area contributed by atoms with Crippen molar-refractivity contribution in [1.29, 1.82) is 0 Å². The van der Waals surface area contributed by atoms with Gasteiger partial charge in [0.05, 0.1) is 18.1 Å². The van der Waals surface area contributed by atoms with Gasteiger partial charge in [-0.25, -0.2) is 9.97 Å². The van der Waals surface area contributed by atoms with Crippen LogP contribution in [0.15, 0.2) is 12.4 Å². The van der Waals surface area contributed by atoms with E-state index in [0.29, 0.717) is 11.6 Å². The minimum absolute atomic E-state index is 0.376. The van der Waals surface area contributed by atoms with Gasteiger partial charge in [-0.05, 0) is 0 Å². The molecular weight excluding hydrogens is 150 g/mol. The van der Waals surface area contributed by atoms with Gasteiger partial charge >= 0.3 is 0 Å². The molecular formula is C9H17N3. The molecule has 1 rings (SSSR count). The Labute approximate surface area is 74.0 Å². The van der Waals surface area contributed by atoms with Crippen LogP contribution in [0.2, 0.25) is 0 Å². The summed E-state index contributed by atoms with van der Waals surface area (Å²) in [4.78, 5) is 8.08. The summed E-state index contributed by atoms with van der Waals surface area (Å²) >= 11 is 0. The van der Waals surface area contributed by atoms with Crippen LogP contribution >= 0.6 is 0 Å². The number of rotatable bonds is 1. The van der Waals surface area contributed by atoms with Crippen LogP contribution in [0.25, 0.3) is 0 Å². The standard InChI is InChI=1S/C7H11N3.C2H6/c1-5(2)7-9-3-6(8)4-10-7;1-2/h3-5H,8H2,1-2H3;1-2H3. The monoisotopic (exact) mass is 167 g/mol. The van der Waals surface area contributed by atoms with Gasteiger partial charge < -0.3 is 5.73 Å². The second-order valence-electron chi connectivity index (χ2n) is 2.53. The minimum Gasteiger partial charge on any atom is -0.396 e. The molecule has 0 atom stereocenters. The van der Waals surface area contributed by atoms with E-state index in [0.717, 1.165) is 5.82 Å². The zero-order valence-corrected chi connectivity index (χ0v) is 8.20. The first kappa shape index (κ1) is 10.9. The maximum atomic E-state index is 5.40. The summed E-state index contributed by atoms with van der Waals surface area (Å²) in [6, 6.07) is 0. The van der Waals surface area contributed by atoms with Crippen molar-refractivity contribution in [2.45, 2.75) is 33.6 Å². The zero-order chi connectivity index (χ0) is 9.56. The number of nitrogen functional groups attached to an aromatic ring is 1. The van der Waals surface area contributed by atoms with Gasteiger partial charge in [0, 0.05) is 5.92 Å². The maximum absolute atomic E-state index is 5.40. The Balaban J connectivity index is 0.000000561. The average molecular weight is 167 g/mol. The van der Waals surface area contributed by atoms with E-state index >= 15 is 0 Å². The lowest BCUT2D eigenvalue weighted by atomic mass is 10.2. The first-order chi connectivity index (χ1) is 5.70. The third kappa shape index (κ3) is 3.32. The Morgan fingerprint density at radius 2 is 1.58 bits per heavy atom.